The van der Waals surface area contributed by atoms with Crippen LogP contribution in [0.5, 0.6) is 0 Å². The van der Waals surface area contributed by atoms with Crippen LogP contribution in [0.25, 0.3) is 0 Å². The Labute approximate surface area is 102 Å². The van der Waals surface area contributed by atoms with E-state index in [1.54, 1.807) is 13.8 Å². The van der Waals surface area contributed by atoms with E-state index in [9.17, 15) is 8.42 Å². The molecule has 1 unspecified atom stereocenters. The largest absolute Gasteiger partial charge is 0.394 e. The average molecular weight is 274 g/mol. The van der Waals surface area contributed by atoms with Gasteiger partial charge in [0.1, 0.15) is 0 Å². The lowest BCUT2D eigenvalue weighted by Crippen LogP contribution is -2.54. The Hall–Kier alpha value is 0.120. The van der Waals surface area contributed by atoms with Gasteiger partial charge in [-0.15, -0.1) is 11.6 Å². The van der Waals surface area contributed by atoms with Crippen molar-refractivity contribution in [1.29, 1.82) is 0 Å². The molecule has 0 radical (unpaired) electrons. The van der Waals surface area contributed by atoms with E-state index in [1.807, 2.05) is 0 Å². The number of hydrogen-bond donors (Lipinski definition) is 3. The quantitative estimate of drug-likeness (QED) is 0.540. The lowest BCUT2D eigenvalue weighted by atomic mass is 10.0. The van der Waals surface area contributed by atoms with Crippen molar-refractivity contribution in [1.82, 2.24) is 4.72 Å². The fraction of sp³-hybridized carbons (Fsp3) is 1.00. The highest BCUT2D eigenvalue weighted by Crippen LogP contribution is 2.12. The molecule has 0 aromatic heterocycles. The van der Waals surface area contributed by atoms with Crippen molar-refractivity contribution in [2.75, 3.05) is 24.8 Å². The molecule has 0 saturated carbocycles. The van der Waals surface area contributed by atoms with Gasteiger partial charge in [0, 0.05) is 5.88 Å². The van der Waals surface area contributed by atoms with Crippen LogP contribution in [-0.4, -0.2) is 49.0 Å². The predicted molar refractivity (Wildman–Crippen MR) is 64.0 cm³/mol. The van der Waals surface area contributed by atoms with Gasteiger partial charge in [-0.05, 0) is 12.3 Å². The Bertz CT molecular complexity index is 282. The van der Waals surface area contributed by atoms with Crippen LogP contribution in [0.2, 0.25) is 0 Å². The molecule has 0 saturated heterocycles. The molecule has 1 atom stereocenters. The summed E-state index contributed by atoms with van der Waals surface area (Å²) in [7, 11) is -3.54. The summed E-state index contributed by atoms with van der Waals surface area (Å²) < 4.78 is 25.7. The summed E-state index contributed by atoms with van der Waals surface area (Å²) in [4.78, 5) is 0. The summed E-state index contributed by atoms with van der Waals surface area (Å²) in [5.74, 6) is -0.0394. The van der Waals surface area contributed by atoms with Crippen LogP contribution in [0, 0.1) is 5.92 Å². The van der Waals surface area contributed by atoms with Gasteiger partial charge in [-0.3, -0.25) is 0 Å². The monoisotopic (exact) mass is 273 g/mol. The van der Waals surface area contributed by atoms with Gasteiger partial charge >= 0.3 is 0 Å². The summed E-state index contributed by atoms with van der Waals surface area (Å²) in [5.41, 5.74) is -1.18. The Morgan fingerprint density at radius 2 is 1.88 bits per heavy atom. The van der Waals surface area contributed by atoms with E-state index in [2.05, 4.69) is 4.72 Å². The number of nitrogens with one attached hydrogen (secondary N) is 1. The summed E-state index contributed by atoms with van der Waals surface area (Å²) in [6.45, 7) is 2.54. The zero-order chi connectivity index (χ0) is 12.8. The van der Waals surface area contributed by atoms with Crippen LogP contribution in [0.1, 0.15) is 20.3 Å². The van der Waals surface area contributed by atoms with E-state index < -0.39 is 28.8 Å². The van der Waals surface area contributed by atoms with Crippen molar-refractivity contribution in [2.45, 2.75) is 25.8 Å². The second kappa shape index (κ2) is 6.76. The fourth-order valence-corrected chi connectivity index (χ4v) is 3.32. The maximum absolute atomic E-state index is 11.7. The molecule has 0 rings (SSSR count). The molecule has 0 aromatic rings. The Kier molecular flexibility index (Phi) is 6.81. The van der Waals surface area contributed by atoms with E-state index in [0.29, 0.717) is 6.42 Å². The van der Waals surface area contributed by atoms with Gasteiger partial charge in [0.2, 0.25) is 10.0 Å². The number of aliphatic hydroxyl groups is 2. The van der Waals surface area contributed by atoms with Crippen molar-refractivity contribution >= 4 is 21.6 Å². The molecule has 5 nitrogen and oxygen atoms in total. The predicted octanol–water partition coefficient (Wildman–Crippen LogP) is -0.0859. The SMILES string of the molecule is CCC(CO)(CO)NS(=O)(=O)CC(C)CCl. The molecule has 0 aliphatic heterocycles. The third-order valence-electron chi connectivity index (χ3n) is 2.42. The van der Waals surface area contributed by atoms with E-state index in [4.69, 9.17) is 21.8 Å². The summed E-state index contributed by atoms with van der Waals surface area (Å²) in [5, 5.41) is 18.2. The van der Waals surface area contributed by atoms with E-state index in [-0.39, 0.29) is 17.6 Å². The summed E-state index contributed by atoms with van der Waals surface area (Å²) in [6.07, 6.45) is 0.314. The minimum atomic E-state index is -3.54. The van der Waals surface area contributed by atoms with Gasteiger partial charge < -0.3 is 10.2 Å². The molecule has 0 aromatic carbocycles. The molecule has 7 heteroatoms. The molecule has 98 valence electrons. The van der Waals surface area contributed by atoms with Gasteiger partial charge in [0.15, 0.2) is 0 Å². The topological polar surface area (TPSA) is 86.6 Å². The zero-order valence-corrected chi connectivity index (χ0v) is 11.2. The summed E-state index contributed by atoms with van der Waals surface area (Å²) >= 11 is 5.54. The van der Waals surface area contributed by atoms with E-state index >= 15 is 0 Å². The van der Waals surface area contributed by atoms with Gasteiger partial charge in [-0.2, -0.15) is 0 Å². The minimum Gasteiger partial charge on any atom is -0.394 e. The third kappa shape index (κ3) is 4.97. The van der Waals surface area contributed by atoms with Crippen LogP contribution in [0.4, 0.5) is 0 Å². The maximum Gasteiger partial charge on any atom is 0.212 e. The minimum absolute atomic E-state index is 0.113. The van der Waals surface area contributed by atoms with Gasteiger partial charge in [0.25, 0.3) is 0 Å². The molecule has 0 bridgehead atoms. The highest BCUT2D eigenvalue weighted by Gasteiger charge is 2.32. The van der Waals surface area contributed by atoms with Crippen molar-refractivity contribution in [3.8, 4) is 0 Å². The highest BCUT2D eigenvalue weighted by molar-refractivity contribution is 7.89. The standard InChI is InChI=1S/C9H20ClNO4S/c1-3-9(6-12,7-13)11-16(14,15)5-8(2)4-10/h8,11-13H,3-7H2,1-2H3. The molecule has 0 fully saturated rings. The first-order valence-electron chi connectivity index (χ1n) is 5.14. The maximum atomic E-state index is 11.7. The average Bonchev–Trinajstić information content (AvgIpc) is 2.25. The van der Waals surface area contributed by atoms with Crippen molar-refractivity contribution in [3.63, 3.8) is 0 Å². The molecule has 0 amide bonds. The lowest BCUT2D eigenvalue weighted by molar-refractivity contribution is 0.105. The molecule has 0 aliphatic carbocycles. The van der Waals surface area contributed by atoms with Gasteiger partial charge in [-0.25, -0.2) is 13.1 Å². The first kappa shape index (κ1) is 16.1. The van der Waals surface area contributed by atoms with Crippen LogP contribution in [0.15, 0.2) is 0 Å². The molecule has 0 heterocycles. The van der Waals surface area contributed by atoms with Crippen molar-refractivity contribution in [2.24, 2.45) is 5.92 Å². The smallest absolute Gasteiger partial charge is 0.212 e. The van der Waals surface area contributed by atoms with E-state index in [1.165, 1.54) is 0 Å². The Morgan fingerprint density at radius 3 is 2.19 bits per heavy atom. The number of alkyl halides is 1. The molecular weight excluding hydrogens is 254 g/mol. The number of aliphatic hydroxyl groups excluding tert-OH is 2. The van der Waals surface area contributed by atoms with Crippen LogP contribution < -0.4 is 4.72 Å². The van der Waals surface area contributed by atoms with Crippen LogP contribution in [-0.2, 0) is 10.0 Å². The fourth-order valence-electron chi connectivity index (χ4n) is 1.20. The lowest BCUT2D eigenvalue weighted by Gasteiger charge is -2.29. The number of sulfonamides is 1. The molecular formula is C9H20ClNO4S. The zero-order valence-electron chi connectivity index (χ0n) is 9.61. The number of hydrogen-bond acceptors (Lipinski definition) is 4. The number of rotatable bonds is 8. The van der Waals surface area contributed by atoms with Crippen molar-refractivity contribution < 1.29 is 18.6 Å². The Morgan fingerprint density at radius 1 is 1.38 bits per heavy atom. The molecule has 0 aliphatic rings. The molecule has 3 N–H and O–H groups in total. The second-order valence-corrected chi connectivity index (χ2v) is 6.17. The van der Waals surface area contributed by atoms with Gasteiger partial charge in [0.05, 0.1) is 24.5 Å². The summed E-state index contributed by atoms with van der Waals surface area (Å²) in [6, 6.07) is 0. The van der Waals surface area contributed by atoms with Crippen LogP contribution in [0.3, 0.4) is 0 Å². The molecule has 16 heavy (non-hydrogen) atoms. The first-order chi connectivity index (χ1) is 7.34. The normalized spacial score (nSPS) is 15.1. The van der Waals surface area contributed by atoms with E-state index in [0.717, 1.165) is 0 Å². The van der Waals surface area contributed by atoms with Gasteiger partial charge in [-0.1, -0.05) is 13.8 Å². The van der Waals surface area contributed by atoms with Crippen LogP contribution >= 0.6 is 11.6 Å². The highest BCUT2D eigenvalue weighted by atomic mass is 35.5. The first-order valence-corrected chi connectivity index (χ1v) is 7.32. The Balaban J connectivity index is 4.67. The number of halogens is 1. The second-order valence-electron chi connectivity index (χ2n) is 4.09. The third-order valence-corrected chi connectivity index (χ3v) is 4.70. The van der Waals surface area contributed by atoms with Crippen molar-refractivity contribution in [3.05, 3.63) is 0 Å². The molecule has 0 spiro atoms.